The second-order valence-electron chi connectivity index (χ2n) is 5.31. The third kappa shape index (κ3) is 4.09. The summed E-state index contributed by atoms with van der Waals surface area (Å²) >= 11 is 0. The van der Waals surface area contributed by atoms with Crippen molar-refractivity contribution in [3.8, 4) is 11.3 Å². The van der Waals surface area contributed by atoms with Crippen LogP contribution in [-0.2, 0) is 13.1 Å². The van der Waals surface area contributed by atoms with Crippen LogP contribution in [0.3, 0.4) is 0 Å². The van der Waals surface area contributed by atoms with Crippen molar-refractivity contribution >= 4 is 5.91 Å². The van der Waals surface area contributed by atoms with Gasteiger partial charge in [-0.3, -0.25) is 9.48 Å². The van der Waals surface area contributed by atoms with E-state index in [1.807, 2.05) is 0 Å². The molecule has 0 fully saturated rings. The lowest BCUT2D eigenvalue weighted by atomic mass is 10.1. The van der Waals surface area contributed by atoms with Gasteiger partial charge < -0.3 is 9.73 Å². The molecule has 0 saturated heterocycles. The number of carbonyl (C=O) groups excluding carboxylic acids is 1. The van der Waals surface area contributed by atoms with Crippen LogP contribution in [0.5, 0.6) is 0 Å². The normalized spacial score (nSPS) is 11.5. The fourth-order valence-corrected chi connectivity index (χ4v) is 2.42. The minimum Gasteiger partial charge on any atom is -0.467 e. The first kappa shape index (κ1) is 16.8. The number of hydrogen-bond acceptors (Lipinski definition) is 3. The molecule has 0 saturated carbocycles. The average molecular weight is 349 g/mol. The van der Waals surface area contributed by atoms with Gasteiger partial charge in [0.15, 0.2) is 0 Å². The van der Waals surface area contributed by atoms with Crippen molar-refractivity contribution in [2.24, 2.45) is 0 Å². The standard InChI is InChI=1S/C17H14F3N3O2/c18-17(19,20)11-23-15(12-5-2-1-3-6-12)14(10-22-23)16(24)21-9-13-7-4-8-25-13/h1-8,10H,9,11H2,(H,21,24). The molecule has 1 N–H and O–H groups in total. The number of amides is 1. The lowest BCUT2D eigenvalue weighted by Gasteiger charge is -2.12. The summed E-state index contributed by atoms with van der Waals surface area (Å²) in [5, 5.41) is 6.38. The fourth-order valence-electron chi connectivity index (χ4n) is 2.42. The monoisotopic (exact) mass is 349 g/mol. The van der Waals surface area contributed by atoms with Crippen molar-refractivity contribution in [2.45, 2.75) is 19.3 Å². The molecule has 0 spiro atoms. The van der Waals surface area contributed by atoms with Crippen LogP contribution in [0.2, 0.25) is 0 Å². The van der Waals surface area contributed by atoms with Crippen LogP contribution in [-0.4, -0.2) is 21.9 Å². The fraction of sp³-hybridized carbons (Fsp3) is 0.176. The maximum atomic E-state index is 12.8. The highest BCUT2D eigenvalue weighted by Gasteiger charge is 2.31. The van der Waals surface area contributed by atoms with Crippen molar-refractivity contribution in [2.75, 3.05) is 0 Å². The smallest absolute Gasteiger partial charge is 0.408 e. The highest BCUT2D eigenvalue weighted by atomic mass is 19.4. The van der Waals surface area contributed by atoms with Crippen LogP contribution >= 0.6 is 0 Å². The van der Waals surface area contributed by atoms with Gasteiger partial charge >= 0.3 is 6.18 Å². The summed E-state index contributed by atoms with van der Waals surface area (Å²) in [4.78, 5) is 12.4. The molecule has 1 aromatic carbocycles. The predicted octanol–water partition coefficient (Wildman–Crippen LogP) is 3.64. The van der Waals surface area contributed by atoms with Crippen molar-refractivity contribution in [1.29, 1.82) is 0 Å². The van der Waals surface area contributed by atoms with E-state index in [1.54, 1.807) is 42.5 Å². The number of aromatic nitrogens is 2. The molecule has 8 heteroatoms. The number of benzene rings is 1. The van der Waals surface area contributed by atoms with Gasteiger partial charge in [0.25, 0.3) is 5.91 Å². The third-order valence-corrected chi connectivity index (χ3v) is 3.46. The quantitative estimate of drug-likeness (QED) is 0.765. The van der Waals surface area contributed by atoms with Gasteiger partial charge in [-0.15, -0.1) is 0 Å². The van der Waals surface area contributed by atoms with Crippen LogP contribution in [0.25, 0.3) is 11.3 Å². The third-order valence-electron chi connectivity index (χ3n) is 3.46. The van der Waals surface area contributed by atoms with Crippen molar-refractivity contribution < 1.29 is 22.4 Å². The average Bonchev–Trinajstić information content (AvgIpc) is 3.21. The Hall–Kier alpha value is -3.03. The van der Waals surface area contributed by atoms with Gasteiger partial charge in [0.1, 0.15) is 12.3 Å². The Morgan fingerprint density at radius 2 is 1.92 bits per heavy atom. The second kappa shape index (κ2) is 6.84. The minimum absolute atomic E-state index is 0.0713. The molecule has 0 bridgehead atoms. The molecule has 0 atom stereocenters. The largest absolute Gasteiger partial charge is 0.467 e. The molecule has 0 aliphatic carbocycles. The highest BCUT2D eigenvalue weighted by Crippen LogP contribution is 2.27. The highest BCUT2D eigenvalue weighted by molar-refractivity contribution is 5.99. The Labute approximate surface area is 141 Å². The zero-order valence-corrected chi connectivity index (χ0v) is 13.0. The number of furan rings is 1. The predicted molar refractivity (Wildman–Crippen MR) is 83.6 cm³/mol. The van der Waals surface area contributed by atoms with E-state index in [1.165, 1.54) is 6.26 Å². The topological polar surface area (TPSA) is 60.1 Å². The maximum absolute atomic E-state index is 12.8. The van der Waals surface area contributed by atoms with Crippen LogP contribution in [0.15, 0.2) is 59.3 Å². The van der Waals surface area contributed by atoms with Crippen molar-refractivity contribution in [3.05, 3.63) is 66.2 Å². The van der Waals surface area contributed by atoms with Gasteiger partial charge in [-0.1, -0.05) is 30.3 Å². The number of halogens is 3. The molecular formula is C17H14F3N3O2. The molecule has 2 heterocycles. The van der Waals surface area contributed by atoms with E-state index in [0.29, 0.717) is 11.3 Å². The summed E-state index contributed by atoms with van der Waals surface area (Å²) in [5.41, 5.74) is 0.671. The lowest BCUT2D eigenvalue weighted by molar-refractivity contribution is -0.142. The first-order chi connectivity index (χ1) is 11.9. The molecule has 0 aliphatic rings. The van der Waals surface area contributed by atoms with Gasteiger partial charge in [-0.25, -0.2) is 0 Å². The Morgan fingerprint density at radius 3 is 2.56 bits per heavy atom. The summed E-state index contributed by atoms with van der Waals surface area (Å²) in [5.74, 6) is 0.0148. The van der Waals surface area contributed by atoms with E-state index < -0.39 is 18.6 Å². The Balaban J connectivity index is 1.91. The zero-order valence-electron chi connectivity index (χ0n) is 13.0. The molecule has 0 radical (unpaired) electrons. The van der Waals surface area contributed by atoms with Crippen LogP contribution in [0.4, 0.5) is 13.2 Å². The van der Waals surface area contributed by atoms with Gasteiger partial charge in [-0.2, -0.15) is 18.3 Å². The van der Waals surface area contributed by atoms with E-state index in [0.717, 1.165) is 10.9 Å². The Kier molecular flexibility index (Phi) is 4.60. The molecular weight excluding hydrogens is 335 g/mol. The summed E-state index contributed by atoms with van der Waals surface area (Å²) in [6.45, 7) is -1.15. The van der Waals surface area contributed by atoms with E-state index in [-0.39, 0.29) is 17.8 Å². The number of hydrogen-bond donors (Lipinski definition) is 1. The maximum Gasteiger partial charge on any atom is 0.408 e. The summed E-state index contributed by atoms with van der Waals surface area (Å²) in [6, 6.07) is 11.7. The first-order valence-corrected chi connectivity index (χ1v) is 7.42. The molecule has 25 heavy (non-hydrogen) atoms. The number of rotatable bonds is 5. The van der Waals surface area contributed by atoms with E-state index >= 15 is 0 Å². The van der Waals surface area contributed by atoms with Gasteiger partial charge in [-0.05, 0) is 12.1 Å². The van der Waals surface area contributed by atoms with E-state index in [2.05, 4.69) is 10.4 Å². The molecule has 1 amide bonds. The molecule has 2 aromatic heterocycles. The SMILES string of the molecule is O=C(NCc1ccco1)c1cnn(CC(F)(F)F)c1-c1ccccc1. The molecule has 0 unspecified atom stereocenters. The minimum atomic E-state index is -4.45. The number of nitrogens with one attached hydrogen (secondary N) is 1. The van der Waals surface area contributed by atoms with E-state index in [4.69, 9.17) is 4.42 Å². The van der Waals surface area contributed by atoms with Crippen molar-refractivity contribution in [1.82, 2.24) is 15.1 Å². The number of alkyl halides is 3. The molecule has 3 rings (SSSR count). The van der Waals surface area contributed by atoms with Crippen LogP contribution in [0.1, 0.15) is 16.1 Å². The van der Waals surface area contributed by atoms with Gasteiger partial charge in [0.2, 0.25) is 0 Å². The lowest BCUT2D eigenvalue weighted by Crippen LogP contribution is -2.24. The number of nitrogens with zero attached hydrogens (tertiary/aromatic N) is 2. The first-order valence-electron chi connectivity index (χ1n) is 7.42. The molecule has 0 aliphatic heterocycles. The Morgan fingerprint density at radius 1 is 1.16 bits per heavy atom. The summed E-state index contributed by atoms with van der Waals surface area (Å²) < 4.78 is 44.3. The van der Waals surface area contributed by atoms with Crippen molar-refractivity contribution in [3.63, 3.8) is 0 Å². The zero-order chi connectivity index (χ0) is 17.9. The molecule has 5 nitrogen and oxygen atoms in total. The summed E-state index contributed by atoms with van der Waals surface area (Å²) in [6.07, 6.45) is -1.83. The van der Waals surface area contributed by atoms with Crippen LogP contribution in [0, 0.1) is 0 Å². The van der Waals surface area contributed by atoms with Gasteiger partial charge in [0.05, 0.1) is 30.3 Å². The number of carbonyl (C=O) groups is 1. The molecule has 3 aromatic rings. The summed E-state index contributed by atoms with van der Waals surface area (Å²) in [7, 11) is 0. The van der Waals surface area contributed by atoms with Crippen LogP contribution < -0.4 is 5.32 Å². The Bertz CT molecular complexity index is 840. The van der Waals surface area contributed by atoms with E-state index in [9.17, 15) is 18.0 Å². The second-order valence-corrected chi connectivity index (χ2v) is 5.31. The molecule has 130 valence electrons. The van der Waals surface area contributed by atoms with Gasteiger partial charge in [0, 0.05) is 5.56 Å².